The van der Waals surface area contributed by atoms with Gasteiger partial charge in [-0.1, -0.05) is 6.42 Å². The average molecular weight is 230 g/mol. The second-order valence-corrected chi connectivity index (χ2v) is 4.38. The molecule has 1 rings (SSSR count). The van der Waals surface area contributed by atoms with Crippen LogP contribution in [0.3, 0.4) is 0 Å². The minimum absolute atomic E-state index is 0.300. The van der Waals surface area contributed by atoms with Gasteiger partial charge in [0.25, 0.3) is 0 Å². The van der Waals surface area contributed by atoms with Crippen molar-refractivity contribution < 1.29 is 9.47 Å². The first kappa shape index (κ1) is 13.9. The molecule has 0 aliphatic heterocycles. The molecule has 0 bridgehead atoms. The van der Waals surface area contributed by atoms with E-state index in [1.165, 1.54) is 19.3 Å². The normalized spacial score (nSPS) is 19.9. The van der Waals surface area contributed by atoms with Gasteiger partial charge in [0.05, 0.1) is 13.2 Å². The molecule has 0 aromatic carbocycles. The minimum atomic E-state index is -0.300. The van der Waals surface area contributed by atoms with Crippen LogP contribution in [0.25, 0.3) is 0 Å². The van der Waals surface area contributed by atoms with E-state index in [1.807, 2.05) is 14.1 Å². The van der Waals surface area contributed by atoms with Crippen molar-refractivity contribution in [3.05, 3.63) is 0 Å². The van der Waals surface area contributed by atoms with Gasteiger partial charge in [-0.25, -0.2) is 0 Å². The molecule has 1 fully saturated rings. The monoisotopic (exact) mass is 230 g/mol. The van der Waals surface area contributed by atoms with Crippen molar-refractivity contribution in [3.63, 3.8) is 0 Å². The van der Waals surface area contributed by atoms with Crippen LogP contribution in [0.4, 0.5) is 0 Å². The highest BCUT2D eigenvalue weighted by Crippen LogP contribution is 2.32. The topological polar surface area (TPSA) is 42.5 Å². The number of rotatable bonds is 8. The van der Waals surface area contributed by atoms with E-state index in [-0.39, 0.29) is 5.79 Å². The molecule has 16 heavy (non-hydrogen) atoms. The Bertz CT molecular complexity index is 158. The lowest BCUT2D eigenvalue weighted by Gasteiger charge is -2.37. The maximum Gasteiger partial charge on any atom is 0.168 e. The smallest absolute Gasteiger partial charge is 0.168 e. The molecule has 2 N–H and O–H groups in total. The van der Waals surface area contributed by atoms with Gasteiger partial charge >= 0.3 is 0 Å². The van der Waals surface area contributed by atoms with Gasteiger partial charge in [0, 0.05) is 25.9 Å². The molecule has 0 aromatic heterocycles. The van der Waals surface area contributed by atoms with Gasteiger partial charge in [-0.3, -0.25) is 0 Å². The number of likely N-dealkylation sites (N-methyl/N-ethyl adjacent to an activating group) is 2. The van der Waals surface area contributed by atoms with Crippen LogP contribution in [0.5, 0.6) is 0 Å². The summed E-state index contributed by atoms with van der Waals surface area (Å²) in [5.74, 6) is -0.300. The number of ether oxygens (including phenoxy) is 2. The van der Waals surface area contributed by atoms with Crippen molar-refractivity contribution in [1.82, 2.24) is 10.6 Å². The Balaban J connectivity index is 2.33. The molecule has 0 radical (unpaired) electrons. The van der Waals surface area contributed by atoms with Crippen molar-refractivity contribution >= 4 is 0 Å². The van der Waals surface area contributed by atoms with Crippen LogP contribution in [0.2, 0.25) is 0 Å². The van der Waals surface area contributed by atoms with Crippen molar-refractivity contribution in [1.29, 1.82) is 0 Å². The zero-order valence-electron chi connectivity index (χ0n) is 10.7. The van der Waals surface area contributed by atoms with Gasteiger partial charge in [0.15, 0.2) is 5.79 Å². The largest absolute Gasteiger partial charge is 0.349 e. The molecule has 96 valence electrons. The molecule has 0 saturated heterocycles. The fourth-order valence-corrected chi connectivity index (χ4v) is 2.10. The summed E-state index contributed by atoms with van der Waals surface area (Å²) in [5, 5.41) is 6.20. The fraction of sp³-hybridized carbons (Fsp3) is 1.00. The van der Waals surface area contributed by atoms with E-state index >= 15 is 0 Å². The van der Waals surface area contributed by atoms with Crippen LogP contribution in [0.1, 0.15) is 32.1 Å². The van der Waals surface area contributed by atoms with Crippen molar-refractivity contribution in [3.8, 4) is 0 Å². The second-order valence-electron chi connectivity index (χ2n) is 4.38. The van der Waals surface area contributed by atoms with Crippen LogP contribution in [0, 0.1) is 0 Å². The van der Waals surface area contributed by atoms with E-state index in [4.69, 9.17) is 9.47 Å². The molecule has 1 saturated carbocycles. The SMILES string of the molecule is CNCCOC1(OCCNC)CCCCC1. The molecule has 1 aliphatic rings. The molecule has 4 heteroatoms. The summed E-state index contributed by atoms with van der Waals surface area (Å²) < 4.78 is 11.9. The molecular formula is C12H26N2O2. The van der Waals surface area contributed by atoms with Gasteiger partial charge < -0.3 is 20.1 Å². The molecule has 0 amide bonds. The molecule has 0 atom stereocenters. The zero-order valence-corrected chi connectivity index (χ0v) is 10.7. The fourth-order valence-electron chi connectivity index (χ4n) is 2.10. The zero-order chi connectivity index (χ0) is 11.7. The van der Waals surface area contributed by atoms with Crippen LogP contribution in [-0.2, 0) is 9.47 Å². The molecule has 4 nitrogen and oxygen atoms in total. The van der Waals surface area contributed by atoms with E-state index in [9.17, 15) is 0 Å². The summed E-state index contributed by atoms with van der Waals surface area (Å²) in [6.45, 7) is 3.24. The average Bonchev–Trinajstić information content (AvgIpc) is 2.31. The highest BCUT2D eigenvalue weighted by atomic mass is 16.7. The van der Waals surface area contributed by atoms with Crippen molar-refractivity contribution in [2.24, 2.45) is 0 Å². The quantitative estimate of drug-likeness (QED) is 0.484. The Morgan fingerprint density at radius 2 is 1.38 bits per heavy atom. The summed E-state index contributed by atoms with van der Waals surface area (Å²) in [4.78, 5) is 0. The molecule has 0 spiro atoms. The predicted molar refractivity (Wildman–Crippen MR) is 65.6 cm³/mol. The third-order valence-corrected chi connectivity index (χ3v) is 3.05. The Kier molecular flexibility index (Phi) is 6.96. The molecule has 0 unspecified atom stereocenters. The van der Waals surface area contributed by atoms with Crippen molar-refractivity contribution in [2.75, 3.05) is 40.4 Å². The first-order valence-corrected chi connectivity index (χ1v) is 6.40. The van der Waals surface area contributed by atoms with Gasteiger partial charge in [-0.15, -0.1) is 0 Å². The van der Waals surface area contributed by atoms with Crippen molar-refractivity contribution in [2.45, 2.75) is 37.9 Å². The predicted octanol–water partition coefficient (Wildman–Crippen LogP) is 1.12. The van der Waals surface area contributed by atoms with Gasteiger partial charge in [0.2, 0.25) is 0 Å². The number of nitrogens with one attached hydrogen (secondary N) is 2. The number of hydrogen-bond acceptors (Lipinski definition) is 4. The summed E-state index contributed by atoms with van der Waals surface area (Å²) >= 11 is 0. The Hall–Kier alpha value is -0.160. The first-order valence-electron chi connectivity index (χ1n) is 6.40. The Morgan fingerprint density at radius 3 is 1.81 bits per heavy atom. The van der Waals surface area contributed by atoms with Gasteiger partial charge in [-0.05, 0) is 26.9 Å². The third-order valence-electron chi connectivity index (χ3n) is 3.05. The molecule has 0 aromatic rings. The second kappa shape index (κ2) is 8.01. The molecular weight excluding hydrogens is 204 g/mol. The van der Waals surface area contributed by atoms with Crippen LogP contribution < -0.4 is 10.6 Å². The molecule has 0 heterocycles. The van der Waals surface area contributed by atoms with Crippen LogP contribution >= 0.6 is 0 Å². The Labute approximate surface area is 99.1 Å². The first-order chi connectivity index (χ1) is 7.83. The molecule has 1 aliphatic carbocycles. The standard InChI is InChI=1S/C12H26N2O2/c1-13-8-10-15-12(16-11-9-14-2)6-4-3-5-7-12/h13-14H,3-11H2,1-2H3. The summed E-state index contributed by atoms with van der Waals surface area (Å²) in [5.41, 5.74) is 0. The highest BCUT2D eigenvalue weighted by molar-refractivity contribution is 4.75. The number of hydrogen-bond donors (Lipinski definition) is 2. The maximum atomic E-state index is 5.95. The van der Waals surface area contributed by atoms with Crippen LogP contribution in [0.15, 0.2) is 0 Å². The lowest BCUT2D eigenvalue weighted by atomic mass is 9.94. The third kappa shape index (κ3) is 4.78. The van der Waals surface area contributed by atoms with E-state index in [0.29, 0.717) is 0 Å². The lowest BCUT2D eigenvalue weighted by Crippen LogP contribution is -2.41. The maximum absolute atomic E-state index is 5.95. The van der Waals surface area contributed by atoms with E-state index < -0.39 is 0 Å². The van der Waals surface area contributed by atoms with E-state index in [1.54, 1.807) is 0 Å². The van der Waals surface area contributed by atoms with Crippen LogP contribution in [-0.4, -0.2) is 46.2 Å². The summed E-state index contributed by atoms with van der Waals surface area (Å²) in [6, 6.07) is 0. The van der Waals surface area contributed by atoms with E-state index in [2.05, 4.69) is 10.6 Å². The van der Waals surface area contributed by atoms with E-state index in [0.717, 1.165) is 39.1 Å². The summed E-state index contributed by atoms with van der Waals surface area (Å²) in [7, 11) is 3.89. The highest BCUT2D eigenvalue weighted by Gasteiger charge is 2.33. The van der Waals surface area contributed by atoms with Gasteiger partial charge in [-0.2, -0.15) is 0 Å². The summed E-state index contributed by atoms with van der Waals surface area (Å²) in [6.07, 6.45) is 5.84. The Morgan fingerprint density at radius 1 is 0.875 bits per heavy atom. The lowest BCUT2D eigenvalue weighted by molar-refractivity contribution is -0.250. The van der Waals surface area contributed by atoms with Gasteiger partial charge in [0.1, 0.15) is 0 Å². The minimum Gasteiger partial charge on any atom is -0.349 e.